The molecular formula is C19H28ClFN6O2S2. The molecule has 1 fully saturated rings. The number of sulfonamides is 1. The first-order valence-electron chi connectivity index (χ1n) is 10.0. The molecule has 2 atom stereocenters. The quantitative estimate of drug-likeness (QED) is 0.492. The van der Waals surface area contributed by atoms with E-state index in [4.69, 9.17) is 11.6 Å². The van der Waals surface area contributed by atoms with Crippen LogP contribution in [0, 0.1) is 17.2 Å². The normalized spacial score (nSPS) is 22.2. The van der Waals surface area contributed by atoms with Gasteiger partial charge in [-0.05, 0) is 36.8 Å². The fourth-order valence-electron chi connectivity index (χ4n) is 3.69. The van der Waals surface area contributed by atoms with Crippen molar-refractivity contribution in [1.82, 2.24) is 20.0 Å². The highest BCUT2D eigenvalue weighted by molar-refractivity contribution is 7.93. The van der Waals surface area contributed by atoms with Crippen molar-refractivity contribution in [3.8, 4) is 0 Å². The summed E-state index contributed by atoms with van der Waals surface area (Å²) in [7, 11) is -4.17. The van der Waals surface area contributed by atoms with Crippen LogP contribution in [0.3, 0.4) is 0 Å². The molecule has 0 aliphatic carbocycles. The number of hydrogen-bond acceptors (Lipinski definition) is 8. The summed E-state index contributed by atoms with van der Waals surface area (Å²) in [5, 5.41) is 10.4. The highest BCUT2D eigenvalue weighted by Gasteiger charge is 2.28. The lowest BCUT2D eigenvalue weighted by Gasteiger charge is -2.32. The molecule has 1 aliphatic heterocycles. The molecule has 1 aliphatic rings. The molecular weight excluding hydrogens is 463 g/mol. The first kappa shape index (κ1) is 24.1. The topological polar surface area (TPSA) is 108 Å². The van der Waals surface area contributed by atoms with Gasteiger partial charge in [-0.25, -0.2) is 17.8 Å². The first-order valence-corrected chi connectivity index (χ1v) is 12.7. The Balaban J connectivity index is 1.75. The van der Waals surface area contributed by atoms with Gasteiger partial charge in [-0.3, -0.25) is 4.72 Å². The summed E-state index contributed by atoms with van der Waals surface area (Å²) >= 11 is 7.17. The van der Waals surface area contributed by atoms with Crippen molar-refractivity contribution >= 4 is 44.0 Å². The molecule has 2 heterocycles. The lowest BCUT2D eigenvalue weighted by Crippen LogP contribution is -2.39. The maximum absolute atomic E-state index is 14.7. The van der Waals surface area contributed by atoms with E-state index in [1.807, 2.05) is 0 Å². The number of aromatic nitrogens is 2. The smallest absolute Gasteiger partial charge is 0.266 e. The third kappa shape index (κ3) is 6.48. The van der Waals surface area contributed by atoms with Gasteiger partial charge in [0.05, 0.1) is 10.7 Å². The minimum Gasteiger partial charge on any atom is -0.383 e. The van der Waals surface area contributed by atoms with Crippen molar-refractivity contribution < 1.29 is 12.8 Å². The Hall–Kier alpha value is -1.53. The highest BCUT2D eigenvalue weighted by Crippen LogP contribution is 2.31. The third-order valence-electron chi connectivity index (χ3n) is 5.34. The van der Waals surface area contributed by atoms with E-state index in [1.54, 1.807) is 0 Å². The Morgan fingerprint density at radius 2 is 2.13 bits per heavy atom. The summed E-state index contributed by atoms with van der Waals surface area (Å²) in [4.78, 5) is 3.22. The van der Waals surface area contributed by atoms with Gasteiger partial charge in [0, 0.05) is 43.8 Å². The van der Waals surface area contributed by atoms with Crippen molar-refractivity contribution in [3.63, 3.8) is 0 Å². The fraction of sp³-hybridized carbons (Fsp3) is 0.579. The summed E-state index contributed by atoms with van der Waals surface area (Å²) in [5.41, 5.74) is 0.465. The van der Waals surface area contributed by atoms with Crippen LogP contribution in [-0.2, 0) is 10.0 Å². The maximum atomic E-state index is 14.7. The van der Waals surface area contributed by atoms with Crippen LogP contribution in [0.15, 0.2) is 23.4 Å². The van der Waals surface area contributed by atoms with Gasteiger partial charge >= 0.3 is 0 Å². The fourth-order valence-corrected chi connectivity index (χ4v) is 5.73. The van der Waals surface area contributed by atoms with Crippen LogP contribution >= 0.6 is 23.1 Å². The molecule has 8 nitrogen and oxygen atoms in total. The van der Waals surface area contributed by atoms with Crippen molar-refractivity contribution in [2.75, 3.05) is 36.2 Å². The van der Waals surface area contributed by atoms with Crippen LogP contribution in [0.4, 0.5) is 15.2 Å². The lowest BCUT2D eigenvalue weighted by molar-refractivity contribution is 0.244. The van der Waals surface area contributed by atoms with E-state index in [-0.39, 0.29) is 27.5 Å². The molecule has 4 N–H and O–H groups in total. The predicted octanol–water partition coefficient (Wildman–Crippen LogP) is 3.16. The molecule has 31 heavy (non-hydrogen) atoms. The minimum atomic E-state index is -4.17. The second-order valence-corrected chi connectivity index (χ2v) is 11.4. The van der Waals surface area contributed by atoms with Crippen molar-refractivity contribution in [2.24, 2.45) is 11.3 Å². The van der Waals surface area contributed by atoms with E-state index in [0.717, 1.165) is 49.7 Å². The minimum absolute atomic E-state index is 0.0523. The second kappa shape index (κ2) is 9.95. The molecule has 2 aromatic rings. The summed E-state index contributed by atoms with van der Waals surface area (Å²) in [6.45, 7) is 9.87. The first-order chi connectivity index (χ1) is 14.6. The Labute approximate surface area is 191 Å². The molecule has 1 aromatic heterocycles. The van der Waals surface area contributed by atoms with Gasteiger partial charge < -0.3 is 16.0 Å². The average Bonchev–Trinajstić information content (AvgIpc) is 3.19. The van der Waals surface area contributed by atoms with E-state index in [1.165, 1.54) is 6.33 Å². The van der Waals surface area contributed by atoms with Crippen molar-refractivity contribution in [2.45, 2.75) is 38.1 Å². The maximum Gasteiger partial charge on any atom is 0.266 e. The standard InChI is InChI=1S/C19H28ClFN6O2S2/c1-12-13(8-19(2,3)10-22-4-5-23-12)9-24-16-7-15(21)17(6-14(16)20)31(28,29)27-18-25-11-26-30-18/h6-7,11-13,22-24H,4-5,8-10H2,1-3H3,(H,25,26,27)/t12-,13+/m1/s1. The molecule has 0 saturated carbocycles. The summed E-state index contributed by atoms with van der Waals surface area (Å²) in [6, 6.07) is 2.49. The van der Waals surface area contributed by atoms with E-state index in [2.05, 4.69) is 50.8 Å². The largest absolute Gasteiger partial charge is 0.383 e. The molecule has 0 radical (unpaired) electrons. The Morgan fingerprint density at radius 1 is 1.35 bits per heavy atom. The monoisotopic (exact) mass is 490 g/mol. The van der Waals surface area contributed by atoms with Gasteiger partial charge in [0.1, 0.15) is 17.0 Å². The van der Waals surface area contributed by atoms with Crippen LogP contribution in [0.2, 0.25) is 5.02 Å². The third-order valence-corrected chi connectivity index (χ3v) is 7.72. The number of anilines is 2. The van der Waals surface area contributed by atoms with Gasteiger partial charge in [0.2, 0.25) is 5.13 Å². The number of benzene rings is 1. The number of nitrogens with zero attached hydrogens (tertiary/aromatic N) is 2. The highest BCUT2D eigenvalue weighted by atomic mass is 35.5. The molecule has 0 bridgehead atoms. The average molecular weight is 491 g/mol. The Kier molecular flexibility index (Phi) is 7.74. The van der Waals surface area contributed by atoms with Crippen LogP contribution < -0.4 is 20.7 Å². The van der Waals surface area contributed by atoms with E-state index < -0.39 is 20.7 Å². The second-order valence-electron chi connectivity index (χ2n) is 8.54. The van der Waals surface area contributed by atoms with Crippen LogP contribution in [0.1, 0.15) is 27.2 Å². The molecule has 0 amide bonds. The Morgan fingerprint density at radius 3 is 2.84 bits per heavy atom. The van der Waals surface area contributed by atoms with Gasteiger partial charge in [-0.1, -0.05) is 25.4 Å². The molecule has 3 rings (SSSR count). The SMILES string of the molecule is C[C@H]1NCCNCC(C)(C)C[C@H]1CNc1cc(F)c(S(=O)(=O)Nc2ncns2)cc1Cl. The number of nitrogens with one attached hydrogen (secondary N) is 4. The zero-order valence-corrected chi connectivity index (χ0v) is 20.1. The van der Waals surface area contributed by atoms with Gasteiger partial charge in [-0.15, -0.1) is 0 Å². The summed E-state index contributed by atoms with van der Waals surface area (Å²) < 4.78 is 45.6. The predicted molar refractivity (Wildman–Crippen MR) is 123 cm³/mol. The summed E-state index contributed by atoms with van der Waals surface area (Å²) in [6.07, 6.45) is 2.17. The van der Waals surface area contributed by atoms with Gasteiger partial charge in [-0.2, -0.15) is 4.37 Å². The van der Waals surface area contributed by atoms with E-state index in [0.29, 0.717) is 12.2 Å². The van der Waals surface area contributed by atoms with Gasteiger partial charge in [0.15, 0.2) is 0 Å². The van der Waals surface area contributed by atoms with E-state index in [9.17, 15) is 12.8 Å². The molecule has 1 saturated heterocycles. The molecule has 1 aromatic carbocycles. The van der Waals surface area contributed by atoms with Crippen LogP contribution in [0.25, 0.3) is 0 Å². The molecule has 0 unspecified atom stereocenters. The van der Waals surface area contributed by atoms with Crippen LogP contribution in [0.5, 0.6) is 0 Å². The number of hydrogen-bond donors (Lipinski definition) is 4. The molecule has 0 spiro atoms. The van der Waals surface area contributed by atoms with Crippen molar-refractivity contribution in [1.29, 1.82) is 0 Å². The number of halogens is 2. The zero-order valence-electron chi connectivity index (χ0n) is 17.7. The number of rotatable bonds is 6. The molecule has 172 valence electrons. The van der Waals surface area contributed by atoms with Gasteiger partial charge in [0.25, 0.3) is 10.0 Å². The van der Waals surface area contributed by atoms with Crippen molar-refractivity contribution in [3.05, 3.63) is 29.3 Å². The van der Waals surface area contributed by atoms with E-state index >= 15 is 0 Å². The Bertz CT molecular complexity index is 988. The molecule has 12 heteroatoms. The van der Waals surface area contributed by atoms with Crippen LogP contribution in [-0.4, -0.2) is 50.0 Å². The summed E-state index contributed by atoms with van der Waals surface area (Å²) in [5.74, 6) is -0.620. The zero-order chi connectivity index (χ0) is 22.6. The lowest BCUT2D eigenvalue weighted by atomic mass is 9.80.